The molecule has 0 radical (unpaired) electrons. The fourth-order valence-electron chi connectivity index (χ4n) is 0.897. The lowest BCUT2D eigenvalue weighted by atomic mass is 10.1. The molecule has 0 aliphatic heterocycles. The molecule has 2 N–H and O–H groups in total. The summed E-state index contributed by atoms with van der Waals surface area (Å²) >= 11 is 0. The Morgan fingerprint density at radius 1 is 1.50 bits per heavy atom. The average molecular weight is 209 g/mol. The smallest absolute Gasteiger partial charge is 0.382 e. The molecule has 0 spiro atoms. The molecule has 0 rings (SSSR count). The van der Waals surface area contributed by atoms with Gasteiger partial charge in [0.15, 0.2) is 6.10 Å². The van der Waals surface area contributed by atoms with E-state index in [1.165, 1.54) is 0 Å². The van der Waals surface area contributed by atoms with Crippen LogP contribution in [0.2, 0.25) is 0 Å². The Morgan fingerprint density at radius 3 is 2.43 bits per heavy atom. The van der Waals surface area contributed by atoms with Gasteiger partial charge < -0.3 is 10.4 Å². The standard InChI is InChI=1S/C9H14F3NO/c1-3-5-7(4-2)13-6-8(14)9(10,11)12/h1,7-8,13-14H,4-6H2,2H3. The number of hydrogen-bond donors (Lipinski definition) is 2. The second-order valence-electron chi connectivity index (χ2n) is 2.98. The fourth-order valence-corrected chi connectivity index (χ4v) is 0.897. The first-order valence-corrected chi connectivity index (χ1v) is 4.33. The minimum absolute atomic E-state index is 0.169. The summed E-state index contributed by atoms with van der Waals surface area (Å²) in [6.45, 7) is 1.30. The van der Waals surface area contributed by atoms with Gasteiger partial charge in [0.2, 0.25) is 0 Å². The Kier molecular flexibility index (Phi) is 5.58. The number of hydrogen-bond acceptors (Lipinski definition) is 2. The average Bonchev–Trinajstić information content (AvgIpc) is 2.10. The third-order valence-corrected chi connectivity index (χ3v) is 1.83. The van der Waals surface area contributed by atoms with Gasteiger partial charge in [0.05, 0.1) is 0 Å². The normalized spacial score (nSPS) is 16.0. The van der Waals surface area contributed by atoms with Crippen LogP contribution in [0, 0.1) is 12.3 Å². The predicted molar refractivity (Wildman–Crippen MR) is 47.6 cm³/mol. The van der Waals surface area contributed by atoms with Crippen LogP contribution in [0.4, 0.5) is 13.2 Å². The van der Waals surface area contributed by atoms with Gasteiger partial charge in [-0.3, -0.25) is 0 Å². The van der Waals surface area contributed by atoms with E-state index in [0.29, 0.717) is 12.8 Å². The zero-order valence-corrected chi connectivity index (χ0v) is 7.93. The minimum atomic E-state index is -4.57. The van der Waals surface area contributed by atoms with Crippen LogP contribution in [0.5, 0.6) is 0 Å². The Morgan fingerprint density at radius 2 is 2.07 bits per heavy atom. The predicted octanol–water partition coefficient (Wildman–Crippen LogP) is 1.30. The number of aliphatic hydroxyl groups excluding tert-OH is 1. The highest BCUT2D eigenvalue weighted by atomic mass is 19.4. The molecule has 0 bridgehead atoms. The molecule has 0 amide bonds. The lowest BCUT2D eigenvalue weighted by Gasteiger charge is -2.19. The van der Waals surface area contributed by atoms with Crippen LogP contribution in [0.15, 0.2) is 0 Å². The molecule has 0 aromatic carbocycles. The molecule has 0 fully saturated rings. The summed E-state index contributed by atoms with van der Waals surface area (Å²) in [6, 6.07) is -0.169. The Bertz CT molecular complexity index is 197. The molecule has 0 heterocycles. The van der Waals surface area contributed by atoms with E-state index in [-0.39, 0.29) is 6.04 Å². The molecule has 2 nitrogen and oxygen atoms in total. The van der Waals surface area contributed by atoms with Gasteiger partial charge in [0.1, 0.15) is 0 Å². The number of alkyl halides is 3. The van der Waals surface area contributed by atoms with Crippen molar-refractivity contribution in [2.75, 3.05) is 6.54 Å². The summed E-state index contributed by atoms with van der Waals surface area (Å²) in [5.41, 5.74) is 0. The van der Waals surface area contributed by atoms with Crippen LogP contribution in [0.25, 0.3) is 0 Å². The van der Waals surface area contributed by atoms with Crippen molar-refractivity contribution < 1.29 is 18.3 Å². The van der Waals surface area contributed by atoms with Gasteiger partial charge in [-0.05, 0) is 6.42 Å². The van der Waals surface area contributed by atoms with Crippen LogP contribution in [-0.2, 0) is 0 Å². The van der Waals surface area contributed by atoms with E-state index in [2.05, 4.69) is 11.2 Å². The Hall–Kier alpha value is -0.730. The molecule has 82 valence electrons. The molecular weight excluding hydrogens is 195 g/mol. The Labute approximate surface area is 81.5 Å². The number of aliphatic hydroxyl groups is 1. The van der Waals surface area contributed by atoms with Crippen molar-refractivity contribution in [1.82, 2.24) is 5.32 Å². The van der Waals surface area contributed by atoms with Crippen molar-refractivity contribution in [2.45, 2.75) is 38.1 Å². The van der Waals surface area contributed by atoms with Crippen LogP contribution in [0.1, 0.15) is 19.8 Å². The zero-order chi connectivity index (χ0) is 11.2. The fraction of sp³-hybridized carbons (Fsp3) is 0.778. The van der Waals surface area contributed by atoms with Crippen molar-refractivity contribution in [2.24, 2.45) is 0 Å². The van der Waals surface area contributed by atoms with E-state index in [0.717, 1.165) is 0 Å². The van der Waals surface area contributed by atoms with Gasteiger partial charge in [-0.1, -0.05) is 6.92 Å². The van der Waals surface area contributed by atoms with Gasteiger partial charge in [0, 0.05) is 19.0 Å². The maximum absolute atomic E-state index is 11.9. The minimum Gasteiger partial charge on any atom is -0.382 e. The SMILES string of the molecule is C#CCC(CC)NCC(O)C(F)(F)F. The van der Waals surface area contributed by atoms with Crippen LogP contribution in [0.3, 0.4) is 0 Å². The van der Waals surface area contributed by atoms with Crippen molar-refractivity contribution >= 4 is 0 Å². The largest absolute Gasteiger partial charge is 0.415 e. The van der Waals surface area contributed by atoms with Crippen LogP contribution >= 0.6 is 0 Å². The molecule has 0 aliphatic carbocycles. The number of nitrogens with one attached hydrogen (secondary N) is 1. The third kappa shape index (κ3) is 5.10. The molecule has 0 aliphatic rings. The summed E-state index contributed by atoms with van der Waals surface area (Å²) in [4.78, 5) is 0. The maximum Gasteiger partial charge on any atom is 0.415 e. The van der Waals surface area contributed by atoms with Gasteiger partial charge in [-0.2, -0.15) is 13.2 Å². The molecule has 0 saturated carbocycles. The van der Waals surface area contributed by atoms with Crippen molar-refractivity contribution in [3.05, 3.63) is 0 Å². The summed E-state index contributed by atoms with van der Waals surface area (Å²) in [5, 5.41) is 11.2. The molecule has 5 heteroatoms. The van der Waals surface area contributed by atoms with E-state index in [9.17, 15) is 13.2 Å². The van der Waals surface area contributed by atoms with E-state index in [1.54, 1.807) is 0 Å². The number of terminal acetylenes is 1. The van der Waals surface area contributed by atoms with Gasteiger partial charge in [0.25, 0.3) is 0 Å². The summed E-state index contributed by atoms with van der Waals surface area (Å²) in [6.07, 6.45) is -0.874. The monoisotopic (exact) mass is 209 g/mol. The molecule has 2 unspecified atom stereocenters. The third-order valence-electron chi connectivity index (χ3n) is 1.83. The highest BCUT2D eigenvalue weighted by Crippen LogP contribution is 2.19. The molecule has 14 heavy (non-hydrogen) atoms. The van der Waals surface area contributed by atoms with Crippen molar-refractivity contribution in [1.29, 1.82) is 0 Å². The summed E-state index contributed by atoms with van der Waals surface area (Å²) in [5.74, 6) is 2.36. The first kappa shape index (κ1) is 13.3. The van der Waals surface area contributed by atoms with Crippen LogP contribution in [-0.4, -0.2) is 30.0 Å². The first-order valence-electron chi connectivity index (χ1n) is 4.33. The van der Waals surface area contributed by atoms with E-state index < -0.39 is 18.8 Å². The molecule has 0 aromatic heterocycles. The quantitative estimate of drug-likeness (QED) is 0.669. The van der Waals surface area contributed by atoms with Crippen molar-refractivity contribution in [3.63, 3.8) is 0 Å². The van der Waals surface area contributed by atoms with E-state index >= 15 is 0 Å². The molecule has 2 atom stereocenters. The van der Waals surface area contributed by atoms with E-state index in [4.69, 9.17) is 11.5 Å². The second-order valence-corrected chi connectivity index (χ2v) is 2.98. The van der Waals surface area contributed by atoms with E-state index in [1.807, 2.05) is 6.92 Å². The van der Waals surface area contributed by atoms with Gasteiger partial charge >= 0.3 is 6.18 Å². The lowest BCUT2D eigenvalue weighted by Crippen LogP contribution is -2.42. The topological polar surface area (TPSA) is 32.3 Å². The Balaban J connectivity index is 3.86. The highest BCUT2D eigenvalue weighted by molar-refractivity contribution is 4.89. The number of halogens is 3. The van der Waals surface area contributed by atoms with Crippen molar-refractivity contribution in [3.8, 4) is 12.3 Å². The van der Waals surface area contributed by atoms with Gasteiger partial charge in [-0.15, -0.1) is 12.3 Å². The van der Waals surface area contributed by atoms with Crippen LogP contribution < -0.4 is 5.32 Å². The number of rotatable bonds is 5. The second kappa shape index (κ2) is 5.89. The molecular formula is C9H14F3NO. The zero-order valence-electron chi connectivity index (χ0n) is 7.93. The van der Waals surface area contributed by atoms with Gasteiger partial charge in [-0.25, -0.2) is 0 Å². The molecule has 0 saturated heterocycles. The lowest BCUT2D eigenvalue weighted by molar-refractivity contribution is -0.202. The first-order chi connectivity index (χ1) is 6.41. The summed E-state index contributed by atoms with van der Waals surface area (Å²) in [7, 11) is 0. The summed E-state index contributed by atoms with van der Waals surface area (Å²) < 4.78 is 35.6. The highest BCUT2D eigenvalue weighted by Gasteiger charge is 2.37. The molecule has 0 aromatic rings. The maximum atomic E-state index is 11.9.